The van der Waals surface area contributed by atoms with Gasteiger partial charge in [-0.15, -0.1) is 0 Å². The van der Waals surface area contributed by atoms with E-state index < -0.39 is 12.0 Å². The van der Waals surface area contributed by atoms with Gasteiger partial charge in [-0.3, -0.25) is 0 Å². The summed E-state index contributed by atoms with van der Waals surface area (Å²) in [4.78, 5) is 11.7. The molecule has 1 heterocycles. The highest BCUT2D eigenvalue weighted by Crippen LogP contribution is 2.16. The van der Waals surface area contributed by atoms with Crippen molar-refractivity contribution >= 4 is 5.97 Å². The van der Waals surface area contributed by atoms with Gasteiger partial charge in [0.25, 0.3) is 6.04 Å². The largest absolute Gasteiger partial charge is 0.476 e. The summed E-state index contributed by atoms with van der Waals surface area (Å²) in [6.45, 7) is 6.31. The van der Waals surface area contributed by atoms with Gasteiger partial charge in [0.1, 0.15) is 0 Å². The third-order valence-corrected chi connectivity index (χ3v) is 5.75. The van der Waals surface area contributed by atoms with Gasteiger partial charge in [-0.2, -0.15) is 4.57 Å². The lowest BCUT2D eigenvalue weighted by Crippen LogP contribution is -2.46. The Bertz CT molecular complexity index is 527. The van der Waals surface area contributed by atoms with Gasteiger partial charge >= 0.3 is 5.97 Å². The van der Waals surface area contributed by atoms with Gasteiger partial charge in [-0.25, -0.2) is 4.79 Å². The van der Waals surface area contributed by atoms with Gasteiger partial charge < -0.3 is 5.11 Å². The molecule has 1 aromatic rings. The molecule has 0 saturated heterocycles. The number of carboxylic acids is 1. The third-order valence-electron chi connectivity index (χ3n) is 5.75. The van der Waals surface area contributed by atoms with E-state index in [0.29, 0.717) is 0 Å². The van der Waals surface area contributed by atoms with Crippen LogP contribution < -0.4 is 4.57 Å². The summed E-state index contributed by atoms with van der Waals surface area (Å²) in [5.41, 5.74) is 2.20. The van der Waals surface area contributed by atoms with E-state index in [9.17, 15) is 9.90 Å². The van der Waals surface area contributed by atoms with Gasteiger partial charge in [0.2, 0.25) is 0 Å². The molecule has 0 spiro atoms. The molecule has 1 N–H and O–H groups in total. The van der Waals surface area contributed by atoms with Crippen LogP contribution in [0.5, 0.6) is 0 Å². The topological polar surface area (TPSA) is 41.2 Å². The molecule has 0 aliphatic heterocycles. The molecular weight excluding hydrogens is 334 g/mol. The second-order valence-corrected chi connectivity index (χ2v) is 8.07. The van der Waals surface area contributed by atoms with Crippen LogP contribution in [0.1, 0.15) is 114 Å². The number of carboxylic acid groups (broad SMARTS) is 1. The van der Waals surface area contributed by atoms with Crippen LogP contribution >= 0.6 is 0 Å². The molecule has 0 saturated carbocycles. The monoisotopic (exact) mass is 376 g/mol. The van der Waals surface area contributed by atoms with Gasteiger partial charge in [-0.1, -0.05) is 84.0 Å². The van der Waals surface area contributed by atoms with Crippen LogP contribution in [-0.2, 0) is 4.79 Å². The van der Waals surface area contributed by atoms with Gasteiger partial charge in [0.05, 0.1) is 0 Å². The number of aromatic nitrogens is 1. The highest BCUT2D eigenvalue weighted by atomic mass is 16.4. The van der Waals surface area contributed by atoms with Crippen LogP contribution in [0, 0.1) is 13.8 Å². The molecule has 0 aliphatic carbocycles. The molecule has 0 bridgehead atoms. The van der Waals surface area contributed by atoms with Crippen LogP contribution in [0.4, 0.5) is 0 Å². The van der Waals surface area contributed by atoms with Gasteiger partial charge in [-0.05, 0) is 19.4 Å². The van der Waals surface area contributed by atoms with E-state index in [1.165, 1.54) is 70.6 Å². The maximum Gasteiger partial charge on any atom is 0.373 e. The van der Waals surface area contributed by atoms with Crippen molar-refractivity contribution in [2.24, 2.45) is 0 Å². The first-order chi connectivity index (χ1) is 13.1. The lowest BCUT2D eigenvalue weighted by Gasteiger charge is -2.11. The molecule has 0 aliphatic rings. The fourth-order valence-corrected chi connectivity index (χ4v) is 3.79. The van der Waals surface area contributed by atoms with Crippen LogP contribution in [0.3, 0.4) is 0 Å². The maximum atomic E-state index is 11.7. The number of rotatable bonds is 16. The molecular formula is C24H42NO2+. The highest BCUT2D eigenvalue weighted by molar-refractivity contribution is 5.69. The predicted octanol–water partition coefficient (Wildman–Crippen LogP) is 6.70. The first-order valence-electron chi connectivity index (χ1n) is 11.3. The average Bonchev–Trinajstić information content (AvgIpc) is 2.64. The number of hydrogen-bond acceptors (Lipinski definition) is 1. The number of hydrogen-bond donors (Lipinski definition) is 1. The lowest BCUT2D eigenvalue weighted by atomic mass is 10.0. The summed E-state index contributed by atoms with van der Waals surface area (Å²) < 4.78 is 1.93. The van der Waals surface area contributed by atoms with Crippen molar-refractivity contribution in [3.63, 3.8) is 0 Å². The molecule has 27 heavy (non-hydrogen) atoms. The molecule has 1 unspecified atom stereocenters. The summed E-state index contributed by atoms with van der Waals surface area (Å²) in [5.74, 6) is -0.715. The first-order valence-corrected chi connectivity index (χ1v) is 11.3. The minimum atomic E-state index is -0.715. The quantitative estimate of drug-likeness (QED) is 0.258. The Labute approximate surface area is 167 Å². The van der Waals surface area contributed by atoms with Gasteiger partial charge in [0, 0.05) is 25.0 Å². The highest BCUT2D eigenvalue weighted by Gasteiger charge is 2.28. The Morgan fingerprint density at radius 3 is 1.85 bits per heavy atom. The molecule has 1 aromatic heterocycles. The maximum absolute atomic E-state index is 11.7. The normalized spacial score (nSPS) is 12.3. The van der Waals surface area contributed by atoms with Crippen molar-refractivity contribution in [1.29, 1.82) is 0 Å². The summed E-state index contributed by atoms with van der Waals surface area (Å²) in [5, 5.41) is 9.61. The van der Waals surface area contributed by atoms with Crippen molar-refractivity contribution in [2.45, 2.75) is 117 Å². The van der Waals surface area contributed by atoms with E-state index in [0.717, 1.165) is 30.5 Å². The van der Waals surface area contributed by atoms with Crippen LogP contribution in [-0.4, -0.2) is 11.1 Å². The summed E-state index contributed by atoms with van der Waals surface area (Å²) in [6.07, 6.45) is 19.7. The summed E-state index contributed by atoms with van der Waals surface area (Å²) in [7, 11) is 0. The SMILES string of the molecule is CCCCCCCCCCCCCCCC(C(=O)O)[n+]1cccc(C)c1C. The zero-order chi connectivity index (χ0) is 19.9. The van der Waals surface area contributed by atoms with E-state index in [1.54, 1.807) is 0 Å². The zero-order valence-corrected chi connectivity index (χ0v) is 18.0. The van der Waals surface area contributed by atoms with Crippen LogP contribution in [0.2, 0.25) is 0 Å². The second-order valence-electron chi connectivity index (χ2n) is 8.07. The number of pyridine rings is 1. The van der Waals surface area contributed by atoms with E-state index >= 15 is 0 Å². The number of aliphatic carboxylic acids is 1. The molecule has 0 fully saturated rings. The number of aryl methyl sites for hydroxylation is 1. The smallest absolute Gasteiger partial charge is 0.373 e. The van der Waals surface area contributed by atoms with Gasteiger partial charge in [0.15, 0.2) is 11.9 Å². The second kappa shape index (κ2) is 14.6. The van der Waals surface area contributed by atoms with E-state index in [1.807, 2.05) is 36.7 Å². The lowest BCUT2D eigenvalue weighted by molar-refractivity contribution is -0.717. The molecule has 0 aromatic carbocycles. The molecule has 1 atom stereocenters. The van der Waals surface area contributed by atoms with Crippen LogP contribution in [0.15, 0.2) is 18.3 Å². The summed E-state index contributed by atoms with van der Waals surface area (Å²) >= 11 is 0. The Morgan fingerprint density at radius 1 is 0.889 bits per heavy atom. The fraction of sp³-hybridized carbons (Fsp3) is 0.750. The van der Waals surface area contributed by atoms with Crippen molar-refractivity contribution in [3.05, 3.63) is 29.6 Å². The van der Waals surface area contributed by atoms with E-state index in [4.69, 9.17) is 0 Å². The Balaban J connectivity index is 2.11. The number of nitrogens with zero attached hydrogens (tertiary/aromatic N) is 1. The van der Waals surface area contributed by atoms with Crippen molar-refractivity contribution in [1.82, 2.24) is 0 Å². The summed E-state index contributed by atoms with van der Waals surface area (Å²) in [6, 6.07) is 3.55. The molecule has 0 amide bonds. The predicted molar refractivity (Wildman–Crippen MR) is 113 cm³/mol. The number of unbranched alkanes of at least 4 members (excludes halogenated alkanes) is 12. The van der Waals surface area contributed by atoms with Crippen molar-refractivity contribution in [3.8, 4) is 0 Å². The molecule has 0 radical (unpaired) electrons. The van der Waals surface area contributed by atoms with Crippen molar-refractivity contribution < 1.29 is 14.5 Å². The Morgan fingerprint density at radius 2 is 1.37 bits per heavy atom. The Kier molecular flexibility index (Phi) is 12.8. The zero-order valence-electron chi connectivity index (χ0n) is 18.0. The van der Waals surface area contributed by atoms with Crippen LogP contribution in [0.25, 0.3) is 0 Å². The standard InChI is InChI=1S/C24H41NO2/c1-4-5-6-7-8-9-10-11-12-13-14-15-16-19-23(24(26)27)25-20-17-18-21(2)22(25)3/h17-18,20,23H,4-16,19H2,1-3H3/p+1. The van der Waals surface area contributed by atoms with E-state index in [-0.39, 0.29) is 0 Å². The van der Waals surface area contributed by atoms with E-state index in [2.05, 4.69) is 6.92 Å². The Hall–Kier alpha value is -1.38. The fourth-order valence-electron chi connectivity index (χ4n) is 3.79. The molecule has 3 heteroatoms. The molecule has 154 valence electrons. The molecule has 1 rings (SSSR count). The third kappa shape index (κ3) is 9.93. The number of carbonyl (C=O) groups is 1. The average molecular weight is 377 g/mol. The van der Waals surface area contributed by atoms with Crippen molar-refractivity contribution in [2.75, 3.05) is 0 Å². The first kappa shape index (κ1) is 23.7. The molecule has 3 nitrogen and oxygen atoms in total. The minimum absolute atomic E-state index is 0.433. The minimum Gasteiger partial charge on any atom is -0.476 e.